The second-order valence-electron chi connectivity index (χ2n) is 4.78. The van der Waals surface area contributed by atoms with Crippen LogP contribution in [0.4, 0.5) is 0 Å². The Balaban J connectivity index is 1.55. The highest BCUT2D eigenvalue weighted by atomic mass is 16.6. The SMILES string of the molecule is O=C(NCc1ccncc1)C1=NOC(c2ccccc2)C1. The normalized spacial score (nSPS) is 17.0. The number of amides is 1. The largest absolute Gasteiger partial charge is 0.387 e. The lowest BCUT2D eigenvalue weighted by molar-refractivity contribution is -0.115. The van der Waals surface area contributed by atoms with Gasteiger partial charge in [0.15, 0.2) is 6.10 Å². The van der Waals surface area contributed by atoms with Gasteiger partial charge in [-0.1, -0.05) is 35.5 Å². The Hall–Kier alpha value is -2.69. The van der Waals surface area contributed by atoms with E-state index in [1.165, 1.54) is 0 Å². The third-order valence-electron chi connectivity index (χ3n) is 3.30. The molecule has 1 aliphatic rings. The van der Waals surface area contributed by atoms with Crippen molar-refractivity contribution in [1.82, 2.24) is 10.3 Å². The van der Waals surface area contributed by atoms with Crippen molar-refractivity contribution >= 4 is 11.6 Å². The molecule has 1 unspecified atom stereocenters. The van der Waals surface area contributed by atoms with E-state index in [-0.39, 0.29) is 12.0 Å². The monoisotopic (exact) mass is 281 g/mol. The first-order chi connectivity index (χ1) is 10.3. The zero-order valence-electron chi connectivity index (χ0n) is 11.4. The molecule has 1 atom stereocenters. The van der Waals surface area contributed by atoms with E-state index in [1.54, 1.807) is 12.4 Å². The van der Waals surface area contributed by atoms with E-state index in [0.717, 1.165) is 11.1 Å². The van der Waals surface area contributed by atoms with Crippen LogP contribution in [0.1, 0.15) is 23.7 Å². The molecule has 2 heterocycles. The molecule has 2 aromatic rings. The predicted molar refractivity (Wildman–Crippen MR) is 78.4 cm³/mol. The first-order valence-electron chi connectivity index (χ1n) is 6.77. The van der Waals surface area contributed by atoms with Gasteiger partial charge >= 0.3 is 0 Å². The second kappa shape index (κ2) is 6.17. The van der Waals surface area contributed by atoms with Crippen molar-refractivity contribution in [3.63, 3.8) is 0 Å². The van der Waals surface area contributed by atoms with Crippen molar-refractivity contribution < 1.29 is 9.63 Å². The van der Waals surface area contributed by atoms with Crippen molar-refractivity contribution in [3.05, 3.63) is 66.0 Å². The van der Waals surface area contributed by atoms with Crippen molar-refractivity contribution in [3.8, 4) is 0 Å². The maximum Gasteiger partial charge on any atom is 0.269 e. The average Bonchev–Trinajstić information content (AvgIpc) is 3.04. The van der Waals surface area contributed by atoms with Crippen molar-refractivity contribution in [2.75, 3.05) is 0 Å². The predicted octanol–water partition coefficient (Wildman–Crippen LogP) is 2.22. The van der Waals surface area contributed by atoms with E-state index in [2.05, 4.69) is 15.5 Å². The summed E-state index contributed by atoms with van der Waals surface area (Å²) in [5.41, 5.74) is 2.45. The molecule has 3 rings (SSSR count). The Morgan fingerprint density at radius 3 is 2.71 bits per heavy atom. The molecule has 0 bridgehead atoms. The number of oxime groups is 1. The molecule has 1 amide bonds. The van der Waals surface area contributed by atoms with Gasteiger partial charge in [-0.15, -0.1) is 0 Å². The molecule has 0 saturated heterocycles. The molecule has 0 aliphatic carbocycles. The molecular formula is C16H15N3O2. The highest BCUT2D eigenvalue weighted by Gasteiger charge is 2.26. The number of aromatic nitrogens is 1. The molecule has 5 heteroatoms. The molecule has 0 fully saturated rings. The molecule has 0 radical (unpaired) electrons. The number of pyridine rings is 1. The standard InChI is InChI=1S/C16H15N3O2/c20-16(18-11-12-6-8-17-9-7-12)14-10-15(21-19-14)13-4-2-1-3-5-13/h1-9,15H,10-11H2,(H,18,20). The lowest BCUT2D eigenvalue weighted by Crippen LogP contribution is -2.29. The minimum absolute atomic E-state index is 0.173. The highest BCUT2D eigenvalue weighted by Crippen LogP contribution is 2.26. The average molecular weight is 281 g/mol. The van der Waals surface area contributed by atoms with Crippen molar-refractivity contribution in [2.24, 2.45) is 5.16 Å². The molecule has 1 aromatic heterocycles. The second-order valence-corrected chi connectivity index (χ2v) is 4.78. The lowest BCUT2D eigenvalue weighted by Gasteiger charge is -2.07. The Morgan fingerprint density at radius 1 is 1.19 bits per heavy atom. The molecule has 5 nitrogen and oxygen atoms in total. The summed E-state index contributed by atoms with van der Waals surface area (Å²) in [6, 6.07) is 13.5. The summed E-state index contributed by atoms with van der Waals surface area (Å²) in [5, 5.41) is 6.73. The van der Waals surface area contributed by atoms with Crippen LogP contribution >= 0.6 is 0 Å². The van der Waals surface area contributed by atoms with E-state index >= 15 is 0 Å². The van der Waals surface area contributed by atoms with Crippen LogP contribution in [0.3, 0.4) is 0 Å². The van der Waals surface area contributed by atoms with Crippen LogP contribution in [-0.2, 0) is 16.2 Å². The highest BCUT2D eigenvalue weighted by molar-refractivity contribution is 6.39. The molecule has 1 N–H and O–H groups in total. The minimum atomic E-state index is -0.190. The molecule has 0 saturated carbocycles. The fourth-order valence-electron chi connectivity index (χ4n) is 2.14. The smallest absolute Gasteiger partial charge is 0.269 e. The number of nitrogens with zero attached hydrogens (tertiary/aromatic N) is 2. The summed E-state index contributed by atoms with van der Waals surface area (Å²) in [5.74, 6) is -0.190. The first-order valence-corrected chi connectivity index (χ1v) is 6.77. The fraction of sp³-hybridized carbons (Fsp3) is 0.188. The third-order valence-corrected chi connectivity index (χ3v) is 3.30. The van der Waals surface area contributed by atoms with E-state index in [4.69, 9.17) is 4.84 Å². The summed E-state index contributed by atoms with van der Waals surface area (Å²) in [6.45, 7) is 0.455. The number of hydrogen-bond donors (Lipinski definition) is 1. The van der Waals surface area contributed by atoms with Gasteiger partial charge in [-0.05, 0) is 23.3 Å². The summed E-state index contributed by atoms with van der Waals surface area (Å²) < 4.78 is 0. The Kier molecular flexibility index (Phi) is 3.91. The van der Waals surface area contributed by atoms with Crippen LogP contribution in [0.5, 0.6) is 0 Å². The fourth-order valence-corrected chi connectivity index (χ4v) is 2.14. The Labute approximate surface area is 122 Å². The van der Waals surface area contributed by atoms with Crippen LogP contribution in [0.2, 0.25) is 0 Å². The summed E-state index contributed by atoms with van der Waals surface area (Å²) in [7, 11) is 0. The molecular weight excluding hydrogens is 266 g/mol. The maximum absolute atomic E-state index is 12.1. The van der Waals surface area contributed by atoms with E-state index in [1.807, 2.05) is 42.5 Å². The topological polar surface area (TPSA) is 63.6 Å². The molecule has 1 aromatic carbocycles. The number of rotatable bonds is 4. The third kappa shape index (κ3) is 3.25. The van der Waals surface area contributed by atoms with E-state index in [9.17, 15) is 4.79 Å². The van der Waals surface area contributed by atoms with Crippen molar-refractivity contribution in [1.29, 1.82) is 0 Å². The van der Waals surface area contributed by atoms with Gasteiger partial charge in [0.2, 0.25) is 0 Å². The van der Waals surface area contributed by atoms with Crippen LogP contribution in [-0.4, -0.2) is 16.6 Å². The van der Waals surface area contributed by atoms with Crippen LogP contribution < -0.4 is 5.32 Å². The minimum Gasteiger partial charge on any atom is -0.387 e. The zero-order chi connectivity index (χ0) is 14.5. The van der Waals surface area contributed by atoms with E-state index in [0.29, 0.717) is 18.7 Å². The van der Waals surface area contributed by atoms with Crippen molar-refractivity contribution in [2.45, 2.75) is 19.1 Å². The Bertz CT molecular complexity index is 641. The molecule has 1 aliphatic heterocycles. The van der Waals surface area contributed by atoms with Gasteiger partial charge in [0.05, 0.1) is 0 Å². The quantitative estimate of drug-likeness (QED) is 0.934. The first kappa shape index (κ1) is 13.3. The summed E-state index contributed by atoms with van der Waals surface area (Å²) in [6.07, 6.45) is 3.71. The number of benzene rings is 1. The van der Waals surface area contributed by atoms with Crippen LogP contribution in [0.15, 0.2) is 60.0 Å². The van der Waals surface area contributed by atoms with E-state index < -0.39 is 0 Å². The van der Waals surface area contributed by atoms with Gasteiger partial charge in [0, 0.05) is 25.4 Å². The van der Waals surface area contributed by atoms with Gasteiger partial charge in [0.25, 0.3) is 5.91 Å². The molecule has 0 spiro atoms. The van der Waals surface area contributed by atoms with Crippen LogP contribution in [0.25, 0.3) is 0 Å². The van der Waals surface area contributed by atoms with Crippen LogP contribution in [0, 0.1) is 0 Å². The summed E-state index contributed by atoms with van der Waals surface area (Å²) in [4.78, 5) is 21.3. The van der Waals surface area contributed by atoms with Gasteiger partial charge in [-0.2, -0.15) is 0 Å². The molecule has 106 valence electrons. The number of carbonyl (C=O) groups excluding carboxylic acids is 1. The number of hydrogen-bond acceptors (Lipinski definition) is 4. The van der Waals surface area contributed by atoms with Gasteiger partial charge in [-0.25, -0.2) is 0 Å². The number of nitrogens with one attached hydrogen (secondary N) is 1. The molecule has 21 heavy (non-hydrogen) atoms. The zero-order valence-corrected chi connectivity index (χ0v) is 11.4. The van der Waals surface area contributed by atoms with Gasteiger partial charge in [-0.3, -0.25) is 9.78 Å². The van der Waals surface area contributed by atoms with Gasteiger partial charge in [0.1, 0.15) is 5.71 Å². The maximum atomic E-state index is 12.1. The summed E-state index contributed by atoms with van der Waals surface area (Å²) >= 11 is 0. The number of carbonyl (C=O) groups is 1. The van der Waals surface area contributed by atoms with Gasteiger partial charge < -0.3 is 10.2 Å². The Morgan fingerprint density at radius 2 is 1.95 bits per heavy atom. The lowest BCUT2D eigenvalue weighted by atomic mass is 10.0.